The van der Waals surface area contributed by atoms with Gasteiger partial charge in [-0.25, -0.2) is 0 Å². The molecule has 1 N–H and O–H groups in total. The van der Waals surface area contributed by atoms with Crippen LogP contribution in [0.2, 0.25) is 0 Å². The van der Waals surface area contributed by atoms with Gasteiger partial charge >= 0.3 is 0 Å². The summed E-state index contributed by atoms with van der Waals surface area (Å²) in [5, 5.41) is 7.98. The van der Waals surface area contributed by atoms with Crippen LogP contribution in [0.25, 0.3) is 0 Å². The monoisotopic (exact) mass is 280 g/mol. The van der Waals surface area contributed by atoms with E-state index in [4.69, 9.17) is 4.74 Å². The summed E-state index contributed by atoms with van der Waals surface area (Å²) in [6.07, 6.45) is 5.19. The maximum Gasteiger partial charge on any atom is 0.0728 e. The van der Waals surface area contributed by atoms with Crippen LogP contribution in [0.15, 0.2) is 12.4 Å². The van der Waals surface area contributed by atoms with Crippen LogP contribution in [0.4, 0.5) is 5.69 Å². The molecule has 2 heterocycles. The van der Waals surface area contributed by atoms with Crippen molar-refractivity contribution in [2.45, 2.75) is 39.8 Å². The van der Waals surface area contributed by atoms with Crippen molar-refractivity contribution in [3.05, 3.63) is 12.4 Å². The first-order chi connectivity index (χ1) is 9.72. The quantitative estimate of drug-likeness (QED) is 0.791. The minimum absolute atomic E-state index is 0.443. The number of nitrogens with one attached hydrogen (secondary N) is 1. The molecule has 1 aromatic rings. The summed E-state index contributed by atoms with van der Waals surface area (Å²) in [4.78, 5) is 2.41. The van der Waals surface area contributed by atoms with Gasteiger partial charge in [-0.15, -0.1) is 0 Å². The molecule has 1 aromatic heterocycles. The van der Waals surface area contributed by atoms with Gasteiger partial charge < -0.3 is 15.0 Å². The summed E-state index contributed by atoms with van der Waals surface area (Å²) < 4.78 is 7.47. The minimum atomic E-state index is 0.443. The number of anilines is 1. The van der Waals surface area contributed by atoms with Gasteiger partial charge in [0.15, 0.2) is 0 Å². The Bertz CT molecular complexity index is 383. The standard InChI is InChI=1S/C15H28N4O/c1-4-18(5-2)7-8-19-11-15(10-16-19)17-13(3)14-6-9-20-12-14/h10-11,13-14,17H,4-9,12H2,1-3H3. The Morgan fingerprint density at radius 1 is 1.50 bits per heavy atom. The Balaban J connectivity index is 1.79. The summed E-state index contributed by atoms with van der Waals surface area (Å²) in [6.45, 7) is 12.6. The van der Waals surface area contributed by atoms with E-state index in [0.717, 1.165) is 51.5 Å². The number of hydrogen-bond acceptors (Lipinski definition) is 4. The molecule has 1 fully saturated rings. The highest BCUT2D eigenvalue weighted by Crippen LogP contribution is 2.19. The van der Waals surface area contributed by atoms with Crippen LogP contribution in [-0.2, 0) is 11.3 Å². The first-order valence-corrected chi connectivity index (χ1v) is 7.82. The van der Waals surface area contributed by atoms with Gasteiger partial charge in [-0.3, -0.25) is 4.68 Å². The Morgan fingerprint density at radius 2 is 2.30 bits per heavy atom. The van der Waals surface area contributed by atoms with Gasteiger partial charge in [0, 0.05) is 31.3 Å². The number of aromatic nitrogens is 2. The van der Waals surface area contributed by atoms with E-state index < -0.39 is 0 Å². The van der Waals surface area contributed by atoms with E-state index in [1.807, 2.05) is 10.9 Å². The summed E-state index contributed by atoms with van der Waals surface area (Å²) in [7, 11) is 0. The SMILES string of the molecule is CCN(CC)CCn1cc(NC(C)C2CCOC2)cn1. The molecule has 5 heteroatoms. The molecule has 114 valence electrons. The van der Waals surface area contributed by atoms with Gasteiger partial charge in [0.1, 0.15) is 0 Å². The third kappa shape index (κ3) is 4.21. The third-order valence-electron chi connectivity index (χ3n) is 4.24. The first kappa shape index (κ1) is 15.3. The molecule has 0 aliphatic carbocycles. The molecule has 1 saturated heterocycles. The molecular formula is C15H28N4O. The highest BCUT2D eigenvalue weighted by atomic mass is 16.5. The Morgan fingerprint density at radius 3 is 2.95 bits per heavy atom. The Labute approximate surface area is 122 Å². The summed E-state index contributed by atoms with van der Waals surface area (Å²) >= 11 is 0. The number of nitrogens with zero attached hydrogens (tertiary/aromatic N) is 3. The number of ether oxygens (including phenoxy) is 1. The van der Waals surface area contributed by atoms with Crippen LogP contribution in [-0.4, -0.2) is 53.6 Å². The molecule has 0 amide bonds. The third-order valence-corrected chi connectivity index (χ3v) is 4.24. The lowest BCUT2D eigenvalue weighted by atomic mass is 10.0. The van der Waals surface area contributed by atoms with Crippen LogP contribution >= 0.6 is 0 Å². The largest absolute Gasteiger partial charge is 0.381 e. The second kappa shape index (κ2) is 7.64. The van der Waals surface area contributed by atoms with Gasteiger partial charge in [-0.1, -0.05) is 13.8 Å². The van der Waals surface area contributed by atoms with Gasteiger partial charge in [-0.2, -0.15) is 5.10 Å². The second-order valence-corrected chi connectivity index (χ2v) is 5.58. The molecule has 5 nitrogen and oxygen atoms in total. The molecule has 1 aliphatic rings. The smallest absolute Gasteiger partial charge is 0.0728 e. The van der Waals surface area contributed by atoms with Crippen LogP contribution in [0.3, 0.4) is 0 Å². The average Bonchev–Trinajstić information content (AvgIpc) is 3.11. The van der Waals surface area contributed by atoms with Gasteiger partial charge in [0.2, 0.25) is 0 Å². The summed E-state index contributed by atoms with van der Waals surface area (Å²) in [5.41, 5.74) is 1.11. The highest BCUT2D eigenvalue weighted by molar-refractivity contribution is 5.39. The molecule has 0 bridgehead atoms. The lowest BCUT2D eigenvalue weighted by molar-refractivity contribution is 0.183. The molecule has 1 aliphatic heterocycles. The average molecular weight is 280 g/mol. The zero-order chi connectivity index (χ0) is 14.4. The molecule has 2 atom stereocenters. The molecule has 0 aromatic carbocycles. The molecular weight excluding hydrogens is 252 g/mol. The minimum Gasteiger partial charge on any atom is -0.381 e. The Hall–Kier alpha value is -1.07. The number of rotatable bonds is 8. The van der Waals surface area contributed by atoms with E-state index in [1.54, 1.807) is 0 Å². The van der Waals surface area contributed by atoms with Crippen molar-refractivity contribution in [1.29, 1.82) is 0 Å². The summed E-state index contributed by atoms with van der Waals surface area (Å²) in [6, 6.07) is 0.443. The van der Waals surface area contributed by atoms with Crippen LogP contribution in [0.5, 0.6) is 0 Å². The van der Waals surface area contributed by atoms with E-state index in [2.05, 4.69) is 42.3 Å². The van der Waals surface area contributed by atoms with E-state index >= 15 is 0 Å². The zero-order valence-electron chi connectivity index (χ0n) is 13.0. The fourth-order valence-corrected chi connectivity index (χ4v) is 2.67. The fraction of sp³-hybridized carbons (Fsp3) is 0.800. The molecule has 0 radical (unpaired) electrons. The second-order valence-electron chi connectivity index (χ2n) is 5.58. The molecule has 0 spiro atoms. The lowest BCUT2D eigenvalue weighted by Gasteiger charge is -2.19. The van der Waals surface area contributed by atoms with Crippen molar-refractivity contribution in [3.8, 4) is 0 Å². The van der Waals surface area contributed by atoms with Crippen molar-refractivity contribution in [3.63, 3.8) is 0 Å². The highest BCUT2D eigenvalue weighted by Gasteiger charge is 2.22. The molecule has 0 saturated carbocycles. The predicted molar refractivity (Wildman–Crippen MR) is 82.0 cm³/mol. The van der Waals surface area contributed by atoms with Crippen molar-refractivity contribution < 1.29 is 4.74 Å². The maximum atomic E-state index is 5.44. The summed E-state index contributed by atoms with van der Waals surface area (Å²) in [5.74, 6) is 0.619. The van der Waals surface area contributed by atoms with Crippen molar-refractivity contribution in [2.75, 3.05) is 38.2 Å². The Kier molecular flexibility index (Phi) is 5.86. The molecule has 2 rings (SSSR count). The van der Waals surface area contributed by atoms with Gasteiger partial charge in [0.05, 0.1) is 25.0 Å². The molecule has 2 unspecified atom stereocenters. The van der Waals surface area contributed by atoms with E-state index in [0.29, 0.717) is 12.0 Å². The van der Waals surface area contributed by atoms with Crippen molar-refractivity contribution in [1.82, 2.24) is 14.7 Å². The topological polar surface area (TPSA) is 42.3 Å². The van der Waals surface area contributed by atoms with E-state index in [1.165, 1.54) is 0 Å². The molecule has 20 heavy (non-hydrogen) atoms. The van der Waals surface area contributed by atoms with Crippen molar-refractivity contribution in [2.24, 2.45) is 5.92 Å². The zero-order valence-corrected chi connectivity index (χ0v) is 13.0. The van der Waals surface area contributed by atoms with Gasteiger partial charge in [0.25, 0.3) is 0 Å². The van der Waals surface area contributed by atoms with Crippen LogP contribution in [0.1, 0.15) is 27.2 Å². The maximum absolute atomic E-state index is 5.44. The van der Waals surface area contributed by atoms with Gasteiger partial charge in [-0.05, 0) is 26.4 Å². The number of hydrogen-bond donors (Lipinski definition) is 1. The van der Waals surface area contributed by atoms with Crippen LogP contribution in [0, 0.1) is 5.92 Å². The van der Waals surface area contributed by atoms with Crippen LogP contribution < -0.4 is 5.32 Å². The number of likely N-dealkylation sites (N-methyl/N-ethyl adjacent to an activating group) is 1. The normalized spacial score (nSPS) is 20.5. The predicted octanol–water partition coefficient (Wildman–Crippen LogP) is 2.06. The first-order valence-electron chi connectivity index (χ1n) is 7.82. The fourth-order valence-electron chi connectivity index (χ4n) is 2.67. The van der Waals surface area contributed by atoms with Crippen molar-refractivity contribution >= 4 is 5.69 Å². The van der Waals surface area contributed by atoms with E-state index in [9.17, 15) is 0 Å². The lowest BCUT2D eigenvalue weighted by Crippen LogP contribution is -2.27. The van der Waals surface area contributed by atoms with E-state index in [-0.39, 0.29) is 0 Å².